The van der Waals surface area contributed by atoms with Gasteiger partial charge in [0, 0.05) is 23.4 Å². The van der Waals surface area contributed by atoms with Gasteiger partial charge in [0.15, 0.2) is 10.8 Å². The monoisotopic (exact) mass is 361 g/mol. The maximum absolute atomic E-state index is 10.6. The van der Waals surface area contributed by atoms with Crippen LogP contribution in [-0.2, 0) is 11.3 Å². The molecule has 2 heterocycles. The van der Waals surface area contributed by atoms with Crippen LogP contribution in [0.15, 0.2) is 47.8 Å². The number of carboxylic acids is 1. The minimum atomic E-state index is -0.771. The number of pyridine rings is 1. The lowest BCUT2D eigenvalue weighted by Crippen LogP contribution is -2.02. The second kappa shape index (κ2) is 7.68. The number of rotatable bonds is 7. The molecule has 3 aromatic rings. The molecule has 0 radical (unpaired) electrons. The van der Waals surface area contributed by atoms with E-state index in [1.54, 1.807) is 18.0 Å². The molecule has 1 aromatic carbocycles. The van der Waals surface area contributed by atoms with Crippen molar-refractivity contribution in [2.24, 2.45) is 0 Å². The van der Waals surface area contributed by atoms with E-state index in [1.807, 2.05) is 36.4 Å². The molecule has 0 unspecified atom stereocenters. The predicted molar refractivity (Wildman–Crippen MR) is 95.7 cm³/mol. The van der Waals surface area contributed by atoms with E-state index < -0.39 is 5.97 Å². The average molecular weight is 362 g/mol. The molecule has 1 N–H and O–H groups in total. The van der Waals surface area contributed by atoms with Gasteiger partial charge in [0.1, 0.15) is 0 Å². The Morgan fingerprint density at radius 3 is 2.79 bits per heavy atom. The van der Waals surface area contributed by atoms with E-state index in [9.17, 15) is 4.79 Å². The van der Waals surface area contributed by atoms with E-state index in [4.69, 9.17) is 16.7 Å². The molecule has 0 aliphatic rings. The Labute approximate surface area is 148 Å². The first-order chi connectivity index (χ1) is 11.6. The number of hydrogen-bond donors (Lipinski definition) is 1. The van der Waals surface area contributed by atoms with Crippen LogP contribution in [0, 0.1) is 0 Å². The van der Waals surface area contributed by atoms with Gasteiger partial charge in [-0.25, -0.2) is 9.97 Å². The summed E-state index contributed by atoms with van der Waals surface area (Å²) in [6.07, 6.45) is 2.50. The smallest absolute Gasteiger partial charge is 0.303 e. The van der Waals surface area contributed by atoms with Gasteiger partial charge < -0.3 is 9.67 Å². The lowest BCUT2D eigenvalue weighted by Gasteiger charge is -2.09. The van der Waals surface area contributed by atoms with E-state index in [2.05, 4.69) is 14.5 Å². The van der Waals surface area contributed by atoms with Gasteiger partial charge in [0.05, 0.1) is 12.1 Å². The summed E-state index contributed by atoms with van der Waals surface area (Å²) in [6, 6.07) is 11.6. The van der Waals surface area contributed by atoms with Gasteiger partial charge in [-0.05, 0) is 36.2 Å². The lowest BCUT2D eigenvalue weighted by atomic mass is 10.2. The molecule has 0 amide bonds. The highest BCUT2D eigenvalue weighted by atomic mass is 35.5. The summed E-state index contributed by atoms with van der Waals surface area (Å²) >= 11 is 7.51. The first-order valence-corrected chi connectivity index (χ1v) is 8.90. The zero-order chi connectivity index (χ0) is 16.9. The highest BCUT2D eigenvalue weighted by Crippen LogP contribution is 2.25. The van der Waals surface area contributed by atoms with Crippen molar-refractivity contribution in [2.75, 3.05) is 5.75 Å². The molecule has 24 heavy (non-hydrogen) atoms. The standard InChI is InChI=1S/C17H16ClN3O2S/c18-13-7-5-12(6-8-13)11-21-14-3-1-9-19-16(14)20-17(21)24-10-2-4-15(22)23/h1,3,5-9H,2,4,10-11H2,(H,22,23). The lowest BCUT2D eigenvalue weighted by molar-refractivity contribution is -0.137. The first kappa shape index (κ1) is 16.8. The van der Waals surface area contributed by atoms with Gasteiger partial charge >= 0.3 is 5.97 Å². The van der Waals surface area contributed by atoms with Gasteiger partial charge in [-0.2, -0.15) is 0 Å². The SMILES string of the molecule is O=C(O)CCCSc1nc2ncccc2n1Cc1ccc(Cl)cc1. The third kappa shape index (κ3) is 4.07. The Morgan fingerprint density at radius 2 is 2.04 bits per heavy atom. The summed E-state index contributed by atoms with van der Waals surface area (Å²) in [6.45, 7) is 0.667. The van der Waals surface area contributed by atoms with Crippen LogP contribution < -0.4 is 0 Å². The molecule has 7 heteroatoms. The summed E-state index contributed by atoms with van der Waals surface area (Å²) in [5.41, 5.74) is 2.79. The molecule has 5 nitrogen and oxygen atoms in total. The van der Waals surface area contributed by atoms with Crippen molar-refractivity contribution in [3.05, 3.63) is 53.2 Å². The number of carboxylic acid groups (broad SMARTS) is 1. The molecule has 0 fully saturated rings. The third-order valence-electron chi connectivity index (χ3n) is 3.51. The van der Waals surface area contributed by atoms with Gasteiger partial charge in [-0.15, -0.1) is 0 Å². The van der Waals surface area contributed by atoms with Crippen LogP contribution in [0.1, 0.15) is 18.4 Å². The summed E-state index contributed by atoms with van der Waals surface area (Å²) < 4.78 is 2.11. The van der Waals surface area contributed by atoms with Crippen LogP contribution in [0.5, 0.6) is 0 Å². The molecule has 3 rings (SSSR count). The fourth-order valence-corrected chi connectivity index (χ4v) is 3.43. The van der Waals surface area contributed by atoms with E-state index in [-0.39, 0.29) is 6.42 Å². The molecular formula is C17H16ClN3O2S. The van der Waals surface area contributed by atoms with Gasteiger partial charge in [0.2, 0.25) is 0 Å². The summed E-state index contributed by atoms with van der Waals surface area (Å²) in [5, 5.41) is 10.3. The Kier molecular flexibility index (Phi) is 5.37. The molecule has 2 aromatic heterocycles. The number of carbonyl (C=O) groups is 1. The highest BCUT2D eigenvalue weighted by Gasteiger charge is 2.12. The molecule has 0 bridgehead atoms. The Balaban J connectivity index is 1.84. The zero-order valence-corrected chi connectivity index (χ0v) is 14.4. The number of nitrogens with zero attached hydrogens (tertiary/aromatic N) is 3. The number of imidazole rings is 1. The summed E-state index contributed by atoms with van der Waals surface area (Å²) in [7, 11) is 0. The van der Waals surface area contributed by atoms with E-state index >= 15 is 0 Å². The maximum atomic E-state index is 10.6. The maximum Gasteiger partial charge on any atom is 0.303 e. The van der Waals surface area contributed by atoms with Gasteiger partial charge in [-0.3, -0.25) is 4.79 Å². The fraction of sp³-hybridized carbons (Fsp3) is 0.235. The van der Waals surface area contributed by atoms with E-state index in [0.29, 0.717) is 29.4 Å². The molecule has 0 aliphatic heterocycles. The first-order valence-electron chi connectivity index (χ1n) is 7.54. The Morgan fingerprint density at radius 1 is 1.25 bits per heavy atom. The molecule has 0 atom stereocenters. The number of aromatic nitrogens is 3. The largest absolute Gasteiger partial charge is 0.481 e. The molecule has 0 spiro atoms. The topological polar surface area (TPSA) is 68.0 Å². The second-order valence-electron chi connectivity index (χ2n) is 5.30. The summed E-state index contributed by atoms with van der Waals surface area (Å²) in [5.74, 6) is -0.0668. The van der Waals surface area contributed by atoms with Crippen LogP contribution in [0.2, 0.25) is 5.02 Å². The van der Waals surface area contributed by atoms with Crippen LogP contribution >= 0.6 is 23.4 Å². The van der Waals surface area contributed by atoms with Crippen molar-refractivity contribution in [1.82, 2.24) is 14.5 Å². The van der Waals surface area contributed by atoms with Crippen molar-refractivity contribution in [2.45, 2.75) is 24.5 Å². The van der Waals surface area contributed by atoms with E-state index in [0.717, 1.165) is 16.2 Å². The van der Waals surface area contributed by atoms with Crippen molar-refractivity contribution in [1.29, 1.82) is 0 Å². The number of aliphatic carboxylic acids is 1. The molecule has 0 aliphatic carbocycles. The van der Waals surface area contributed by atoms with Crippen LogP contribution in [0.4, 0.5) is 0 Å². The second-order valence-corrected chi connectivity index (χ2v) is 6.80. The molecule has 0 saturated heterocycles. The minimum absolute atomic E-state index is 0.169. The number of hydrogen-bond acceptors (Lipinski definition) is 4. The van der Waals surface area contributed by atoms with Crippen molar-refractivity contribution < 1.29 is 9.90 Å². The third-order valence-corrected chi connectivity index (χ3v) is 4.82. The van der Waals surface area contributed by atoms with Crippen LogP contribution in [0.25, 0.3) is 11.2 Å². The quantitative estimate of drug-likeness (QED) is 0.507. The van der Waals surface area contributed by atoms with Crippen molar-refractivity contribution >= 4 is 40.5 Å². The summed E-state index contributed by atoms with van der Waals surface area (Å²) in [4.78, 5) is 19.5. The van der Waals surface area contributed by atoms with Gasteiger partial charge in [0.25, 0.3) is 0 Å². The fourth-order valence-electron chi connectivity index (χ4n) is 2.36. The number of fused-ring (bicyclic) bond motifs is 1. The van der Waals surface area contributed by atoms with Gasteiger partial charge in [-0.1, -0.05) is 35.5 Å². The van der Waals surface area contributed by atoms with Crippen molar-refractivity contribution in [3.8, 4) is 0 Å². The van der Waals surface area contributed by atoms with Crippen LogP contribution in [0.3, 0.4) is 0 Å². The number of halogens is 1. The predicted octanol–water partition coefficient (Wildman–Crippen LogP) is 4.09. The Bertz CT molecular complexity index is 849. The number of benzene rings is 1. The Hall–Kier alpha value is -2.05. The number of thioether (sulfide) groups is 1. The highest BCUT2D eigenvalue weighted by molar-refractivity contribution is 7.99. The zero-order valence-electron chi connectivity index (χ0n) is 12.9. The molecule has 124 valence electrons. The molecule has 0 saturated carbocycles. The molecular weight excluding hydrogens is 346 g/mol. The van der Waals surface area contributed by atoms with Crippen LogP contribution in [-0.4, -0.2) is 31.4 Å². The van der Waals surface area contributed by atoms with Crippen molar-refractivity contribution in [3.63, 3.8) is 0 Å². The minimum Gasteiger partial charge on any atom is -0.481 e. The van der Waals surface area contributed by atoms with E-state index in [1.165, 1.54) is 0 Å². The average Bonchev–Trinajstić information content (AvgIpc) is 2.91. The normalized spacial score (nSPS) is 11.0.